The first kappa shape index (κ1) is 10.4. The highest BCUT2D eigenvalue weighted by Crippen LogP contribution is 2.29. The fraction of sp³-hybridized carbons (Fsp3) is 0.889. The molecule has 13 heavy (non-hydrogen) atoms. The predicted octanol–water partition coefficient (Wildman–Crippen LogP) is 0.983. The van der Waals surface area contributed by atoms with Crippen LogP contribution in [0.1, 0.15) is 19.8 Å². The van der Waals surface area contributed by atoms with Crippen LogP contribution in [0.25, 0.3) is 0 Å². The highest BCUT2D eigenvalue weighted by molar-refractivity contribution is 5.80. The van der Waals surface area contributed by atoms with E-state index < -0.39 is 12.2 Å². The summed E-state index contributed by atoms with van der Waals surface area (Å²) >= 11 is 0. The SMILES string of the molecule is COC(=O)C1(C)CCCN1CCF. The van der Waals surface area contributed by atoms with Crippen LogP contribution in [0.2, 0.25) is 0 Å². The van der Waals surface area contributed by atoms with Gasteiger partial charge in [-0.15, -0.1) is 0 Å². The van der Waals surface area contributed by atoms with E-state index in [1.807, 2.05) is 11.8 Å². The zero-order chi connectivity index (χ0) is 9.90. The minimum absolute atomic E-state index is 0.251. The van der Waals surface area contributed by atoms with E-state index in [2.05, 4.69) is 0 Å². The molecular weight excluding hydrogens is 173 g/mol. The van der Waals surface area contributed by atoms with Crippen LogP contribution in [0, 0.1) is 0 Å². The van der Waals surface area contributed by atoms with Gasteiger partial charge in [0.05, 0.1) is 7.11 Å². The van der Waals surface area contributed by atoms with Crippen molar-refractivity contribution in [2.24, 2.45) is 0 Å². The number of carbonyl (C=O) groups is 1. The van der Waals surface area contributed by atoms with Crippen molar-refractivity contribution in [3.05, 3.63) is 0 Å². The lowest BCUT2D eigenvalue weighted by molar-refractivity contribution is -0.152. The Bertz CT molecular complexity index is 198. The van der Waals surface area contributed by atoms with Crippen LogP contribution in [0.15, 0.2) is 0 Å². The quantitative estimate of drug-likeness (QED) is 0.620. The normalized spacial score (nSPS) is 29.2. The molecule has 1 aliphatic heterocycles. The Kier molecular flexibility index (Phi) is 3.25. The maximum absolute atomic E-state index is 12.2. The summed E-state index contributed by atoms with van der Waals surface area (Å²) in [6.45, 7) is 2.52. The molecule has 0 saturated carbocycles. The van der Waals surface area contributed by atoms with Crippen LogP contribution in [-0.4, -0.2) is 43.3 Å². The van der Waals surface area contributed by atoms with Crippen molar-refractivity contribution in [2.45, 2.75) is 25.3 Å². The Balaban J connectivity index is 2.69. The van der Waals surface area contributed by atoms with E-state index in [0.717, 1.165) is 19.4 Å². The molecule has 0 spiro atoms. The third-order valence-corrected chi connectivity index (χ3v) is 2.77. The Morgan fingerprint density at radius 1 is 1.69 bits per heavy atom. The summed E-state index contributed by atoms with van der Waals surface area (Å²) in [7, 11) is 1.37. The fourth-order valence-corrected chi connectivity index (χ4v) is 1.93. The Morgan fingerprint density at radius 2 is 2.38 bits per heavy atom. The van der Waals surface area contributed by atoms with Gasteiger partial charge in [0.25, 0.3) is 0 Å². The highest BCUT2D eigenvalue weighted by Gasteiger charge is 2.43. The summed E-state index contributed by atoms with van der Waals surface area (Å²) in [5.74, 6) is -0.251. The van der Waals surface area contributed by atoms with Crippen LogP contribution < -0.4 is 0 Å². The van der Waals surface area contributed by atoms with Crippen LogP contribution in [0.5, 0.6) is 0 Å². The van der Waals surface area contributed by atoms with Crippen molar-refractivity contribution in [3.8, 4) is 0 Å². The maximum atomic E-state index is 12.2. The second-order valence-electron chi connectivity index (χ2n) is 3.55. The first-order valence-electron chi connectivity index (χ1n) is 4.54. The minimum atomic E-state index is -0.596. The van der Waals surface area contributed by atoms with Gasteiger partial charge in [0.15, 0.2) is 0 Å². The van der Waals surface area contributed by atoms with Crippen molar-refractivity contribution >= 4 is 5.97 Å². The van der Waals surface area contributed by atoms with Crippen LogP contribution in [0.4, 0.5) is 4.39 Å². The molecule has 0 N–H and O–H groups in total. The van der Waals surface area contributed by atoms with Gasteiger partial charge in [-0.1, -0.05) is 0 Å². The topological polar surface area (TPSA) is 29.5 Å². The molecule has 0 aromatic rings. The number of ether oxygens (including phenoxy) is 1. The number of esters is 1. The molecule has 4 heteroatoms. The molecule has 0 radical (unpaired) electrons. The monoisotopic (exact) mass is 189 g/mol. The average molecular weight is 189 g/mol. The zero-order valence-corrected chi connectivity index (χ0v) is 8.18. The third-order valence-electron chi connectivity index (χ3n) is 2.77. The van der Waals surface area contributed by atoms with Crippen LogP contribution in [-0.2, 0) is 9.53 Å². The Labute approximate surface area is 77.9 Å². The summed E-state index contributed by atoms with van der Waals surface area (Å²) in [5.41, 5.74) is -0.596. The van der Waals surface area contributed by atoms with Crippen molar-refractivity contribution in [1.29, 1.82) is 0 Å². The average Bonchev–Trinajstić information content (AvgIpc) is 2.49. The van der Waals surface area contributed by atoms with Gasteiger partial charge in [0.1, 0.15) is 12.2 Å². The molecule has 1 fully saturated rings. The van der Waals surface area contributed by atoms with E-state index >= 15 is 0 Å². The van der Waals surface area contributed by atoms with Crippen molar-refractivity contribution < 1.29 is 13.9 Å². The van der Waals surface area contributed by atoms with Gasteiger partial charge in [0, 0.05) is 6.54 Å². The van der Waals surface area contributed by atoms with Gasteiger partial charge in [-0.25, -0.2) is 4.39 Å². The number of alkyl halides is 1. The minimum Gasteiger partial charge on any atom is -0.468 e. The number of rotatable bonds is 3. The molecule has 1 atom stereocenters. The van der Waals surface area contributed by atoms with Crippen molar-refractivity contribution in [1.82, 2.24) is 4.90 Å². The first-order chi connectivity index (χ1) is 6.15. The second-order valence-corrected chi connectivity index (χ2v) is 3.55. The predicted molar refractivity (Wildman–Crippen MR) is 47.2 cm³/mol. The maximum Gasteiger partial charge on any atom is 0.325 e. The molecule has 1 rings (SSSR count). The molecule has 0 aromatic carbocycles. The fourth-order valence-electron chi connectivity index (χ4n) is 1.93. The lowest BCUT2D eigenvalue weighted by Crippen LogP contribution is -2.49. The molecule has 3 nitrogen and oxygen atoms in total. The van der Waals surface area contributed by atoms with E-state index in [1.165, 1.54) is 7.11 Å². The van der Waals surface area contributed by atoms with Crippen molar-refractivity contribution in [2.75, 3.05) is 26.9 Å². The molecule has 1 saturated heterocycles. The lowest BCUT2D eigenvalue weighted by Gasteiger charge is -2.31. The first-order valence-corrected chi connectivity index (χ1v) is 4.54. The molecular formula is C9H16FNO2. The summed E-state index contributed by atoms with van der Waals surface area (Å²) in [4.78, 5) is 13.3. The van der Waals surface area contributed by atoms with Crippen LogP contribution >= 0.6 is 0 Å². The van der Waals surface area contributed by atoms with E-state index in [1.54, 1.807) is 0 Å². The number of nitrogens with zero attached hydrogens (tertiary/aromatic N) is 1. The van der Waals surface area contributed by atoms with E-state index in [0.29, 0.717) is 6.54 Å². The van der Waals surface area contributed by atoms with E-state index in [9.17, 15) is 9.18 Å². The Morgan fingerprint density at radius 3 is 2.92 bits per heavy atom. The standard InChI is InChI=1S/C9H16FNO2/c1-9(8(12)13-2)4-3-6-11(9)7-5-10/h3-7H2,1-2H3. The third kappa shape index (κ3) is 1.82. The van der Waals surface area contributed by atoms with Gasteiger partial charge < -0.3 is 4.74 Å². The van der Waals surface area contributed by atoms with Gasteiger partial charge in [-0.05, 0) is 26.3 Å². The summed E-state index contributed by atoms with van der Waals surface area (Å²) in [6.07, 6.45) is 1.70. The number of hydrogen-bond donors (Lipinski definition) is 0. The van der Waals surface area contributed by atoms with Gasteiger partial charge in [0.2, 0.25) is 0 Å². The summed E-state index contributed by atoms with van der Waals surface area (Å²) in [5, 5.41) is 0. The molecule has 0 amide bonds. The van der Waals surface area contributed by atoms with E-state index in [4.69, 9.17) is 4.74 Å². The molecule has 0 aliphatic carbocycles. The number of carbonyl (C=O) groups excluding carboxylic acids is 1. The number of halogens is 1. The van der Waals surface area contributed by atoms with Gasteiger partial charge in [-0.3, -0.25) is 9.69 Å². The molecule has 0 aromatic heterocycles. The van der Waals surface area contributed by atoms with Crippen LogP contribution in [0.3, 0.4) is 0 Å². The molecule has 1 heterocycles. The van der Waals surface area contributed by atoms with Gasteiger partial charge in [-0.2, -0.15) is 0 Å². The van der Waals surface area contributed by atoms with E-state index in [-0.39, 0.29) is 5.97 Å². The van der Waals surface area contributed by atoms with Crippen molar-refractivity contribution in [3.63, 3.8) is 0 Å². The smallest absolute Gasteiger partial charge is 0.325 e. The summed E-state index contributed by atoms with van der Waals surface area (Å²) < 4.78 is 16.9. The summed E-state index contributed by atoms with van der Waals surface area (Å²) in [6, 6.07) is 0. The Hall–Kier alpha value is -0.640. The molecule has 1 unspecified atom stereocenters. The largest absolute Gasteiger partial charge is 0.468 e. The highest BCUT2D eigenvalue weighted by atomic mass is 19.1. The second kappa shape index (κ2) is 4.05. The number of methoxy groups -OCH3 is 1. The zero-order valence-electron chi connectivity index (χ0n) is 8.18. The molecule has 1 aliphatic rings. The van der Waals surface area contributed by atoms with Gasteiger partial charge >= 0.3 is 5.97 Å². The molecule has 76 valence electrons. The lowest BCUT2D eigenvalue weighted by atomic mass is 9.99. The number of likely N-dealkylation sites (tertiary alicyclic amines) is 1. The molecule has 0 bridgehead atoms. The number of hydrogen-bond acceptors (Lipinski definition) is 3.